The molecule has 1 aromatic rings. The van der Waals surface area contributed by atoms with Crippen LogP contribution in [-0.2, 0) is 22.8 Å². The zero-order chi connectivity index (χ0) is 12.3. The van der Waals surface area contributed by atoms with Gasteiger partial charge in [0.25, 0.3) is 0 Å². The molecule has 1 saturated heterocycles. The van der Waals surface area contributed by atoms with E-state index in [4.69, 9.17) is 4.52 Å². The number of rotatable bonds is 4. The van der Waals surface area contributed by atoms with E-state index in [1.165, 1.54) is 0 Å². The van der Waals surface area contributed by atoms with E-state index in [2.05, 4.69) is 15.5 Å². The van der Waals surface area contributed by atoms with Crippen LogP contribution in [0.2, 0.25) is 0 Å². The van der Waals surface area contributed by atoms with E-state index in [1.807, 2.05) is 7.05 Å². The first kappa shape index (κ1) is 12.5. The van der Waals surface area contributed by atoms with Gasteiger partial charge < -0.3 is 9.84 Å². The van der Waals surface area contributed by atoms with Gasteiger partial charge in [0.1, 0.15) is 9.84 Å². The third-order valence-corrected chi connectivity index (χ3v) is 4.70. The maximum Gasteiger partial charge on any atom is 0.240 e. The monoisotopic (exact) mass is 259 g/mol. The summed E-state index contributed by atoms with van der Waals surface area (Å²) in [4.78, 5) is 4.24. The fourth-order valence-corrected chi connectivity index (χ4v) is 3.59. The molecule has 1 aromatic heterocycles. The number of hydrogen-bond acceptors (Lipinski definition) is 6. The fraction of sp³-hybridized carbons (Fsp3) is 0.800. The van der Waals surface area contributed by atoms with Gasteiger partial charge in [0.05, 0.1) is 18.1 Å². The van der Waals surface area contributed by atoms with Gasteiger partial charge >= 0.3 is 0 Å². The second-order valence-corrected chi connectivity index (χ2v) is 6.74. The smallest absolute Gasteiger partial charge is 0.240 e. The maximum atomic E-state index is 11.3. The van der Waals surface area contributed by atoms with Gasteiger partial charge in [0, 0.05) is 6.42 Å². The normalized spacial score (nSPS) is 20.5. The molecule has 1 aliphatic heterocycles. The molecule has 0 amide bonds. The summed E-state index contributed by atoms with van der Waals surface area (Å²) in [7, 11) is -0.970. The van der Waals surface area contributed by atoms with Crippen LogP contribution in [0.3, 0.4) is 0 Å². The lowest BCUT2D eigenvalue weighted by Crippen LogP contribution is -2.24. The zero-order valence-corrected chi connectivity index (χ0v) is 10.7. The fourth-order valence-electron chi connectivity index (χ4n) is 2.00. The van der Waals surface area contributed by atoms with Gasteiger partial charge in [0.15, 0.2) is 5.82 Å². The first-order valence-corrected chi connectivity index (χ1v) is 7.57. The molecule has 0 bridgehead atoms. The minimum atomic E-state index is -2.79. The lowest BCUT2D eigenvalue weighted by Gasteiger charge is -2.20. The van der Waals surface area contributed by atoms with Crippen molar-refractivity contribution >= 4 is 9.84 Å². The molecular weight excluding hydrogens is 242 g/mol. The van der Waals surface area contributed by atoms with E-state index in [0.29, 0.717) is 54.9 Å². The third kappa shape index (κ3) is 3.50. The van der Waals surface area contributed by atoms with Gasteiger partial charge in [0.2, 0.25) is 5.89 Å². The average molecular weight is 259 g/mol. The number of sulfone groups is 1. The van der Waals surface area contributed by atoms with Crippen LogP contribution in [0, 0.1) is 5.92 Å². The quantitative estimate of drug-likeness (QED) is 0.829. The average Bonchev–Trinajstić information content (AvgIpc) is 2.70. The number of nitrogens with zero attached hydrogens (tertiary/aromatic N) is 2. The molecule has 0 spiro atoms. The minimum absolute atomic E-state index is 0.291. The Morgan fingerprint density at radius 3 is 2.76 bits per heavy atom. The van der Waals surface area contributed by atoms with Crippen LogP contribution in [0.1, 0.15) is 24.6 Å². The van der Waals surface area contributed by atoms with Crippen molar-refractivity contribution in [2.45, 2.75) is 25.8 Å². The number of hydrogen-bond donors (Lipinski definition) is 1. The first-order chi connectivity index (χ1) is 8.09. The van der Waals surface area contributed by atoms with Crippen molar-refractivity contribution in [1.82, 2.24) is 15.5 Å². The molecule has 6 nitrogen and oxygen atoms in total. The van der Waals surface area contributed by atoms with Crippen LogP contribution >= 0.6 is 0 Å². The molecule has 0 aliphatic carbocycles. The van der Waals surface area contributed by atoms with Gasteiger partial charge in [-0.25, -0.2) is 8.42 Å². The van der Waals surface area contributed by atoms with Crippen molar-refractivity contribution in [3.63, 3.8) is 0 Å². The van der Waals surface area contributed by atoms with Crippen LogP contribution < -0.4 is 5.32 Å². The second kappa shape index (κ2) is 5.14. The maximum absolute atomic E-state index is 11.3. The second-order valence-electron chi connectivity index (χ2n) is 4.43. The molecule has 0 unspecified atom stereocenters. The highest BCUT2D eigenvalue weighted by Gasteiger charge is 2.24. The van der Waals surface area contributed by atoms with E-state index in [9.17, 15) is 8.42 Å². The molecular formula is C10H17N3O3S. The Bertz CT molecular complexity index is 455. The molecule has 96 valence electrons. The zero-order valence-electron chi connectivity index (χ0n) is 9.85. The summed E-state index contributed by atoms with van der Waals surface area (Å²) < 4.78 is 27.6. The Labute approximate surface area is 101 Å². The predicted octanol–water partition coefficient (Wildman–Crippen LogP) is 0.156. The Kier molecular flexibility index (Phi) is 3.78. The molecule has 2 heterocycles. The van der Waals surface area contributed by atoms with Crippen molar-refractivity contribution in [2.75, 3.05) is 18.6 Å². The van der Waals surface area contributed by atoms with Gasteiger partial charge in [-0.3, -0.25) is 0 Å². The summed E-state index contributed by atoms with van der Waals surface area (Å²) in [6.45, 7) is 0.562. The lowest BCUT2D eigenvalue weighted by molar-refractivity contribution is 0.361. The summed E-state index contributed by atoms with van der Waals surface area (Å²) in [5, 5.41) is 6.83. The molecule has 1 fully saturated rings. The van der Waals surface area contributed by atoms with Crippen LogP contribution in [0.25, 0.3) is 0 Å². The molecule has 1 N–H and O–H groups in total. The van der Waals surface area contributed by atoms with E-state index < -0.39 is 9.84 Å². The van der Waals surface area contributed by atoms with Crippen LogP contribution in [0.15, 0.2) is 4.52 Å². The van der Waals surface area contributed by atoms with Crippen molar-refractivity contribution < 1.29 is 12.9 Å². The highest BCUT2D eigenvalue weighted by Crippen LogP contribution is 2.21. The Balaban J connectivity index is 1.88. The Morgan fingerprint density at radius 2 is 2.12 bits per heavy atom. The summed E-state index contributed by atoms with van der Waals surface area (Å²) in [6.07, 6.45) is 2.12. The first-order valence-electron chi connectivity index (χ1n) is 5.75. The molecule has 0 radical (unpaired) electrons. The van der Waals surface area contributed by atoms with Gasteiger partial charge in [-0.15, -0.1) is 0 Å². The molecule has 7 heteroatoms. The minimum Gasteiger partial charge on any atom is -0.338 e. The van der Waals surface area contributed by atoms with E-state index in [-0.39, 0.29) is 0 Å². The summed E-state index contributed by atoms with van der Waals surface area (Å²) in [5.41, 5.74) is 0. The van der Waals surface area contributed by atoms with Crippen LogP contribution in [0.5, 0.6) is 0 Å². The SMILES string of the molecule is CNCc1nc(CC2CCS(=O)(=O)CC2)no1. The molecule has 2 rings (SSSR count). The highest BCUT2D eigenvalue weighted by molar-refractivity contribution is 7.91. The third-order valence-electron chi connectivity index (χ3n) is 2.98. The molecule has 17 heavy (non-hydrogen) atoms. The summed E-state index contributed by atoms with van der Waals surface area (Å²) in [5.74, 6) is 2.20. The van der Waals surface area contributed by atoms with Gasteiger partial charge in [-0.05, 0) is 25.8 Å². The summed E-state index contributed by atoms with van der Waals surface area (Å²) in [6, 6.07) is 0. The lowest BCUT2D eigenvalue weighted by atomic mass is 9.99. The number of aromatic nitrogens is 2. The van der Waals surface area contributed by atoms with Crippen molar-refractivity contribution in [3.8, 4) is 0 Å². The topological polar surface area (TPSA) is 85.1 Å². The molecule has 0 saturated carbocycles. The summed E-state index contributed by atoms with van der Waals surface area (Å²) >= 11 is 0. The van der Waals surface area contributed by atoms with E-state index in [0.717, 1.165) is 0 Å². The standard InChI is InChI=1S/C10H17N3O3S/c1-11-7-10-12-9(13-16-10)6-8-2-4-17(14,15)5-3-8/h8,11H,2-7H2,1H3. The molecule has 0 atom stereocenters. The molecule has 1 aliphatic rings. The largest absolute Gasteiger partial charge is 0.338 e. The van der Waals surface area contributed by atoms with Gasteiger partial charge in [-0.1, -0.05) is 5.16 Å². The highest BCUT2D eigenvalue weighted by atomic mass is 32.2. The van der Waals surface area contributed by atoms with E-state index in [1.54, 1.807) is 0 Å². The Hall–Kier alpha value is -0.950. The van der Waals surface area contributed by atoms with Crippen molar-refractivity contribution in [1.29, 1.82) is 0 Å². The van der Waals surface area contributed by atoms with Crippen LogP contribution in [0.4, 0.5) is 0 Å². The van der Waals surface area contributed by atoms with Crippen molar-refractivity contribution in [2.24, 2.45) is 5.92 Å². The van der Waals surface area contributed by atoms with E-state index >= 15 is 0 Å². The number of nitrogens with one attached hydrogen (secondary N) is 1. The predicted molar refractivity (Wildman–Crippen MR) is 62.1 cm³/mol. The molecule has 0 aromatic carbocycles. The Morgan fingerprint density at radius 1 is 1.41 bits per heavy atom. The van der Waals surface area contributed by atoms with Crippen LogP contribution in [-0.4, -0.2) is 37.1 Å². The van der Waals surface area contributed by atoms with Gasteiger partial charge in [-0.2, -0.15) is 4.98 Å². The van der Waals surface area contributed by atoms with Crippen molar-refractivity contribution in [3.05, 3.63) is 11.7 Å².